The van der Waals surface area contributed by atoms with Crippen LogP contribution in [0.2, 0.25) is 0 Å². The zero-order valence-corrected chi connectivity index (χ0v) is 23.9. The molecule has 0 atom stereocenters. The summed E-state index contributed by atoms with van der Waals surface area (Å²) in [7, 11) is 0. The highest BCUT2D eigenvalue weighted by molar-refractivity contribution is 6.35. The minimum atomic E-state index is 1.18. The van der Waals surface area contributed by atoms with Gasteiger partial charge in [0.05, 0.1) is 33.3 Å². The smallest absolute Gasteiger partial charge is 0.0642 e. The van der Waals surface area contributed by atoms with E-state index in [-0.39, 0.29) is 0 Å². The molecule has 0 amide bonds. The van der Waals surface area contributed by atoms with Crippen molar-refractivity contribution in [1.29, 1.82) is 0 Å². The zero-order chi connectivity index (χ0) is 28.8. The maximum Gasteiger partial charge on any atom is 0.0642 e. The summed E-state index contributed by atoms with van der Waals surface area (Å²) in [4.78, 5) is 0. The third-order valence-electron chi connectivity index (χ3n) is 9.44. The predicted molar refractivity (Wildman–Crippen MR) is 186 cm³/mol. The molecule has 0 N–H and O–H groups in total. The van der Waals surface area contributed by atoms with Crippen molar-refractivity contribution in [3.8, 4) is 27.9 Å². The van der Waals surface area contributed by atoms with E-state index in [2.05, 4.69) is 167 Å². The molecule has 0 aliphatic heterocycles. The molecule has 0 saturated heterocycles. The first-order valence-corrected chi connectivity index (χ1v) is 15.2. The van der Waals surface area contributed by atoms with Gasteiger partial charge in [-0.05, 0) is 46.8 Å². The number of hydrogen-bond donors (Lipinski definition) is 0. The Morgan fingerprint density at radius 3 is 1.61 bits per heavy atom. The van der Waals surface area contributed by atoms with Crippen LogP contribution in [0.5, 0.6) is 0 Å². The first-order valence-electron chi connectivity index (χ1n) is 15.2. The van der Waals surface area contributed by atoms with E-state index in [1.54, 1.807) is 0 Å². The van der Waals surface area contributed by atoms with Crippen LogP contribution in [-0.4, -0.2) is 8.97 Å². The molecule has 3 aromatic heterocycles. The molecule has 0 aliphatic carbocycles. The number of fused-ring (bicyclic) bond motifs is 6. The number of benzene rings is 7. The van der Waals surface area contributed by atoms with Crippen LogP contribution in [0.25, 0.3) is 87.8 Å². The monoisotopic (exact) mass is 558 g/mol. The van der Waals surface area contributed by atoms with Crippen LogP contribution in [0.15, 0.2) is 158 Å². The van der Waals surface area contributed by atoms with Crippen molar-refractivity contribution in [2.24, 2.45) is 0 Å². The summed E-state index contributed by atoms with van der Waals surface area (Å²) in [5, 5.41) is 7.71. The molecule has 7 aromatic carbocycles. The summed E-state index contributed by atoms with van der Waals surface area (Å²) < 4.78 is 5.05. The number of rotatable bonds is 3. The Bertz CT molecular complexity index is 2690. The second-order valence-electron chi connectivity index (χ2n) is 11.7. The molecule has 3 heterocycles. The van der Waals surface area contributed by atoms with Crippen LogP contribution in [0, 0.1) is 0 Å². The van der Waals surface area contributed by atoms with E-state index in [4.69, 9.17) is 0 Å². The molecule has 0 bridgehead atoms. The van der Waals surface area contributed by atoms with Gasteiger partial charge in [0.1, 0.15) is 0 Å². The Balaban J connectivity index is 1.56. The van der Waals surface area contributed by atoms with E-state index < -0.39 is 0 Å². The lowest BCUT2D eigenvalue weighted by molar-refractivity contribution is 1.18. The number of aromatic nitrogens is 2. The molecular formula is C42H26N2. The maximum atomic E-state index is 2.54. The molecule has 10 rings (SSSR count). The highest BCUT2D eigenvalue weighted by Gasteiger charge is 2.26. The summed E-state index contributed by atoms with van der Waals surface area (Å²) in [5.74, 6) is 0. The Morgan fingerprint density at radius 1 is 0.341 bits per heavy atom. The second-order valence-corrected chi connectivity index (χ2v) is 11.7. The van der Waals surface area contributed by atoms with Gasteiger partial charge in [-0.1, -0.05) is 127 Å². The van der Waals surface area contributed by atoms with Gasteiger partial charge in [-0.3, -0.25) is 0 Å². The summed E-state index contributed by atoms with van der Waals surface area (Å²) in [6, 6.07) is 57.6. The van der Waals surface area contributed by atoms with Crippen LogP contribution < -0.4 is 0 Å². The van der Waals surface area contributed by atoms with Crippen molar-refractivity contribution >= 4 is 59.9 Å². The molecule has 10 aromatic rings. The Hall–Kier alpha value is -5.86. The molecule has 204 valence electrons. The van der Waals surface area contributed by atoms with Crippen LogP contribution in [-0.2, 0) is 0 Å². The summed E-state index contributed by atoms with van der Waals surface area (Å²) >= 11 is 0. The third kappa shape index (κ3) is 3.04. The van der Waals surface area contributed by atoms with Gasteiger partial charge in [0, 0.05) is 38.1 Å². The molecule has 0 aliphatic rings. The van der Waals surface area contributed by atoms with Crippen molar-refractivity contribution in [2.45, 2.75) is 0 Å². The first kappa shape index (κ1) is 23.7. The fourth-order valence-corrected chi connectivity index (χ4v) is 7.69. The van der Waals surface area contributed by atoms with Crippen molar-refractivity contribution in [3.63, 3.8) is 0 Å². The fraction of sp³-hybridized carbons (Fsp3) is 0. The SMILES string of the molecule is c1ccc(-c2ccccc2-n2c3cccc4c5ccccc5n5c6ccccc6c6cc(-c7ccccc7)c2c(c43)c65)cc1. The van der Waals surface area contributed by atoms with E-state index >= 15 is 0 Å². The molecule has 0 fully saturated rings. The van der Waals surface area contributed by atoms with Crippen LogP contribution in [0.4, 0.5) is 0 Å². The molecule has 44 heavy (non-hydrogen) atoms. The van der Waals surface area contributed by atoms with Crippen molar-refractivity contribution in [3.05, 3.63) is 158 Å². The van der Waals surface area contributed by atoms with E-state index in [0.29, 0.717) is 0 Å². The first-order chi connectivity index (χ1) is 21.9. The lowest BCUT2D eigenvalue weighted by Crippen LogP contribution is -1.99. The molecule has 0 spiro atoms. The van der Waals surface area contributed by atoms with E-state index in [1.165, 1.54) is 87.8 Å². The van der Waals surface area contributed by atoms with Gasteiger partial charge in [0.2, 0.25) is 0 Å². The highest BCUT2D eigenvalue weighted by Crippen LogP contribution is 2.49. The lowest BCUT2D eigenvalue weighted by atomic mass is 9.97. The van der Waals surface area contributed by atoms with Crippen molar-refractivity contribution in [2.75, 3.05) is 0 Å². The number of nitrogens with zero attached hydrogens (tertiary/aromatic N) is 2. The summed E-state index contributed by atoms with van der Waals surface area (Å²) in [6.45, 7) is 0. The van der Waals surface area contributed by atoms with Gasteiger partial charge < -0.3 is 8.97 Å². The minimum absolute atomic E-state index is 1.18. The molecule has 2 nitrogen and oxygen atoms in total. The highest BCUT2D eigenvalue weighted by atomic mass is 15.0. The van der Waals surface area contributed by atoms with Gasteiger partial charge in [-0.15, -0.1) is 0 Å². The number of hydrogen-bond acceptors (Lipinski definition) is 0. The average molecular weight is 559 g/mol. The molecule has 0 unspecified atom stereocenters. The largest absolute Gasteiger partial charge is 0.308 e. The van der Waals surface area contributed by atoms with E-state index in [1.807, 2.05) is 0 Å². The van der Waals surface area contributed by atoms with Crippen LogP contribution in [0.3, 0.4) is 0 Å². The van der Waals surface area contributed by atoms with Gasteiger partial charge >= 0.3 is 0 Å². The Morgan fingerprint density at radius 2 is 0.886 bits per heavy atom. The molecule has 0 radical (unpaired) electrons. The number of para-hydroxylation sites is 3. The molecule has 0 saturated carbocycles. The van der Waals surface area contributed by atoms with Crippen LogP contribution >= 0.6 is 0 Å². The average Bonchev–Trinajstić information content (AvgIpc) is 3.57. The third-order valence-corrected chi connectivity index (χ3v) is 9.44. The Kier molecular flexibility index (Phi) is 4.75. The van der Waals surface area contributed by atoms with Gasteiger partial charge in [0.25, 0.3) is 0 Å². The topological polar surface area (TPSA) is 9.34 Å². The Labute approximate surface area is 254 Å². The lowest BCUT2D eigenvalue weighted by Gasteiger charge is -2.16. The van der Waals surface area contributed by atoms with Gasteiger partial charge in [0.15, 0.2) is 0 Å². The van der Waals surface area contributed by atoms with E-state index in [9.17, 15) is 0 Å². The van der Waals surface area contributed by atoms with Gasteiger partial charge in [-0.25, -0.2) is 0 Å². The van der Waals surface area contributed by atoms with E-state index in [0.717, 1.165) is 0 Å². The van der Waals surface area contributed by atoms with Crippen molar-refractivity contribution < 1.29 is 0 Å². The van der Waals surface area contributed by atoms with Crippen LogP contribution in [0.1, 0.15) is 0 Å². The second kappa shape index (κ2) is 8.82. The summed E-state index contributed by atoms with van der Waals surface area (Å²) in [5.41, 5.74) is 12.3. The predicted octanol–water partition coefficient (Wildman–Crippen LogP) is 11.3. The molecule has 2 heteroatoms. The molecular weight excluding hydrogens is 532 g/mol. The van der Waals surface area contributed by atoms with Gasteiger partial charge in [-0.2, -0.15) is 0 Å². The summed E-state index contributed by atoms with van der Waals surface area (Å²) in [6.07, 6.45) is 0. The fourth-order valence-electron chi connectivity index (χ4n) is 7.69. The maximum absolute atomic E-state index is 2.54. The zero-order valence-electron chi connectivity index (χ0n) is 23.9. The van der Waals surface area contributed by atoms with Crippen molar-refractivity contribution in [1.82, 2.24) is 8.97 Å². The normalized spacial score (nSPS) is 12.1. The standard InChI is InChI=1S/C42H26N2/c1-3-14-27(15-4-1)29-18-7-10-22-35(29)44-38-25-13-21-32-30-19-8-11-23-36(30)43-37-24-12-9-20-31(37)34-26-33(28-16-5-2-6-17-28)41(44)40(39(32)38)42(34)43/h1-26H. The minimum Gasteiger partial charge on any atom is -0.308 e. The quantitative estimate of drug-likeness (QED) is 0.204.